The average molecular weight is 230 g/mol. The minimum Gasteiger partial charge on any atom is -0.323 e. The topological polar surface area (TPSA) is 97.7 Å². The molecule has 0 atom stereocenters. The van der Waals surface area contributed by atoms with E-state index in [1.165, 1.54) is 16.9 Å². The van der Waals surface area contributed by atoms with Crippen LogP contribution in [0, 0.1) is 0 Å². The van der Waals surface area contributed by atoms with Gasteiger partial charge in [0.1, 0.15) is 5.56 Å². The van der Waals surface area contributed by atoms with Crippen LogP contribution in [0.25, 0.3) is 5.65 Å². The lowest BCUT2D eigenvalue weighted by Gasteiger charge is -2.01. The molecule has 1 amide bonds. The summed E-state index contributed by atoms with van der Waals surface area (Å²) in [5.41, 5.74) is 1.13. The minimum absolute atomic E-state index is 0.299. The number of allylic oxidation sites excluding steroid dienone is 1. The second-order valence-corrected chi connectivity index (χ2v) is 3.20. The molecule has 0 aliphatic rings. The summed E-state index contributed by atoms with van der Waals surface area (Å²) in [7, 11) is 0. The van der Waals surface area contributed by atoms with Gasteiger partial charge < -0.3 is 11.2 Å². The standard InChI is InChI=1S/C10H10N6O/c1-7(5-13-11)15-10(17)8-6-14-16-4-2-3-12-9(8)16/h2-6H,1,11H2,(H,15,17)/b13-5-. The van der Waals surface area contributed by atoms with E-state index < -0.39 is 0 Å². The molecule has 2 aromatic heterocycles. The fraction of sp³-hybridized carbons (Fsp3) is 0. The molecule has 2 aromatic rings. The number of fused-ring (bicyclic) bond motifs is 1. The number of hydrogen-bond acceptors (Lipinski definition) is 5. The van der Waals surface area contributed by atoms with Crippen molar-refractivity contribution in [3.05, 3.63) is 42.5 Å². The summed E-state index contributed by atoms with van der Waals surface area (Å²) in [6.07, 6.45) is 5.97. The van der Waals surface area contributed by atoms with Gasteiger partial charge in [-0.25, -0.2) is 9.50 Å². The fourth-order valence-corrected chi connectivity index (χ4v) is 1.32. The Bertz CT molecular complexity index is 600. The molecule has 0 bridgehead atoms. The molecule has 7 heteroatoms. The monoisotopic (exact) mass is 230 g/mol. The van der Waals surface area contributed by atoms with E-state index >= 15 is 0 Å². The van der Waals surface area contributed by atoms with Crippen LogP contribution < -0.4 is 11.2 Å². The maximum Gasteiger partial charge on any atom is 0.261 e. The van der Waals surface area contributed by atoms with Gasteiger partial charge in [0.05, 0.1) is 18.1 Å². The number of nitrogens with one attached hydrogen (secondary N) is 1. The van der Waals surface area contributed by atoms with Crippen molar-refractivity contribution in [1.29, 1.82) is 0 Å². The molecule has 2 rings (SSSR count). The van der Waals surface area contributed by atoms with E-state index in [-0.39, 0.29) is 5.91 Å². The second-order valence-electron chi connectivity index (χ2n) is 3.20. The number of rotatable bonds is 3. The van der Waals surface area contributed by atoms with Crippen LogP contribution in [0.4, 0.5) is 0 Å². The molecule has 0 aromatic carbocycles. The molecule has 7 nitrogen and oxygen atoms in total. The lowest BCUT2D eigenvalue weighted by atomic mass is 10.3. The Morgan fingerprint density at radius 3 is 3.24 bits per heavy atom. The Balaban J connectivity index is 2.28. The lowest BCUT2D eigenvalue weighted by Crippen LogP contribution is -2.23. The van der Waals surface area contributed by atoms with E-state index in [1.807, 2.05) is 0 Å². The Morgan fingerprint density at radius 2 is 2.47 bits per heavy atom. The highest BCUT2D eigenvalue weighted by Crippen LogP contribution is 2.06. The zero-order valence-electron chi connectivity index (χ0n) is 8.87. The van der Waals surface area contributed by atoms with Gasteiger partial charge in [0.25, 0.3) is 5.91 Å². The van der Waals surface area contributed by atoms with Gasteiger partial charge in [-0.1, -0.05) is 6.58 Å². The van der Waals surface area contributed by atoms with E-state index in [1.54, 1.807) is 18.5 Å². The Kier molecular flexibility index (Phi) is 2.82. The normalized spacial score (nSPS) is 10.8. The van der Waals surface area contributed by atoms with Gasteiger partial charge in [-0.05, 0) is 6.07 Å². The maximum atomic E-state index is 11.8. The van der Waals surface area contributed by atoms with Crippen LogP contribution in [-0.2, 0) is 0 Å². The van der Waals surface area contributed by atoms with Gasteiger partial charge in [0.2, 0.25) is 0 Å². The molecule has 17 heavy (non-hydrogen) atoms. The van der Waals surface area contributed by atoms with Crippen molar-refractivity contribution in [2.24, 2.45) is 10.9 Å². The van der Waals surface area contributed by atoms with Gasteiger partial charge in [0, 0.05) is 12.4 Å². The number of hydrazone groups is 1. The average Bonchev–Trinajstić information content (AvgIpc) is 2.72. The summed E-state index contributed by atoms with van der Waals surface area (Å²) in [6.45, 7) is 3.57. The third-order valence-corrected chi connectivity index (χ3v) is 2.03. The summed E-state index contributed by atoms with van der Waals surface area (Å²) in [4.78, 5) is 15.9. The molecule has 0 spiro atoms. The molecular formula is C10H10N6O. The maximum absolute atomic E-state index is 11.8. The van der Waals surface area contributed by atoms with E-state index in [9.17, 15) is 4.79 Å². The van der Waals surface area contributed by atoms with Gasteiger partial charge in [-0.3, -0.25) is 4.79 Å². The summed E-state index contributed by atoms with van der Waals surface area (Å²) in [5.74, 6) is 4.59. The quantitative estimate of drug-likeness (QED) is 0.437. The SMILES string of the molecule is C=C(/C=N\N)NC(=O)c1cnn2cccnc12. The molecule has 0 aliphatic heterocycles. The largest absolute Gasteiger partial charge is 0.323 e. The van der Waals surface area contributed by atoms with Crippen molar-refractivity contribution in [1.82, 2.24) is 19.9 Å². The predicted octanol–water partition coefficient (Wildman–Crippen LogP) is -0.0827. The molecule has 0 saturated carbocycles. The van der Waals surface area contributed by atoms with Crippen molar-refractivity contribution in [2.75, 3.05) is 0 Å². The smallest absolute Gasteiger partial charge is 0.261 e. The number of aromatic nitrogens is 3. The number of amides is 1. The second kappa shape index (κ2) is 4.44. The predicted molar refractivity (Wildman–Crippen MR) is 62.3 cm³/mol. The number of nitrogens with zero attached hydrogens (tertiary/aromatic N) is 4. The fourth-order valence-electron chi connectivity index (χ4n) is 1.32. The van der Waals surface area contributed by atoms with Gasteiger partial charge in [-0.15, -0.1) is 0 Å². The molecule has 0 radical (unpaired) electrons. The zero-order chi connectivity index (χ0) is 12.3. The molecule has 86 valence electrons. The van der Waals surface area contributed by atoms with Gasteiger partial charge >= 0.3 is 0 Å². The molecule has 0 aliphatic carbocycles. The van der Waals surface area contributed by atoms with E-state index in [0.29, 0.717) is 16.9 Å². The molecule has 3 N–H and O–H groups in total. The van der Waals surface area contributed by atoms with Crippen LogP contribution in [0.1, 0.15) is 10.4 Å². The number of hydrogen-bond donors (Lipinski definition) is 2. The summed E-state index contributed by atoms with van der Waals surface area (Å²) in [6, 6.07) is 1.72. The van der Waals surface area contributed by atoms with Crippen molar-refractivity contribution in [2.45, 2.75) is 0 Å². The molecule has 0 saturated heterocycles. The number of nitrogens with two attached hydrogens (primary N) is 1. The van der Waals surface area contributed by atoms with Crippen molar-refractivity contribution >= 4 is 17.8 Å². The highest BCUT2D eigenvalue weighted by molar-refractivity contribution is 6.02. The molecular weight excluding hydrogens is 220 g/mol. The minimum atomic E-state index is -0.358. The molecule has 0 fully saturated rings. The Morgan fingerprint density at radius 1 is 1.65 bits per heavy atom. The summed E-state index contributed by atoms with van der Waals surface area (Å²) in [5, 5.41) is 9.77. The van der Waals surface area contributed by atoms with Crippen LogP contribution in [0.2, 0.25) is 0 Å². The summed E-state index contributed by atoms with van der Waals surface area (Å²) < 4.78 is 1.51. The Labute approximate surface area is 96.6 Å². The van der Waals surface area contributed by atoms with Crippen LogP contribution >= 0.6 is 0 Å². The third kappa shape index (κ3) is 2.12. The van der Waals surface area contributed by atoms with E-state index in [0.717, 1.165) is 0 Å². The highest BCUT2D eigenvalue weighted by atomic mass is 16.1. The molecule has 2 heterocycles. The first-order chi connectivity index (χ1) is 8.22. The lowest BCUT2D eigenvalue weighted by molar-refractivity contribution is 0.0969. The molecule has 0 unspecified atom stereocenters. The van der Waals surface area contributed by atoms with Crippen molar-refractivity contribution < 1.29 is 4.79 Å². The van der Waals surface area contributed by atoms with Crippen LogP contribution in [0.15, 0.2) is 42.0 Å². The van der Waals surface area contributed by atoms with Gasteiger partial charge in [-0.2, -0.15) is 10.2 Å². The number of carbonyl (C=O) groups excluding carboxylic acids is 1. The highest BCUT2D eigenvalue weighted by Gasteiger charge is 2.13. The first kappa shape index (κ1) is 10.8. The zero-order valence-corrected chi connectivity index (χ0v) is 8.87. The third-order valence-electron chi connectivity index (χ3n) is 2.03. The van der Waals surface area contributed by atoms with Crippen molar-refractivity contribution in [3.8, 4) is 0 Å². The summed E-state index contributed by atoms with van der Waals surface area (Å²) >= 11 is 0. The van der Waals surface area contributed by atoms with E-state index in [4.69, 9.17) is 5.84 Å². The van der Waals surface area contributed by atoms with Gasteiger partial charge in [0.15, 0.2) is 5.65 Å². The van der Waals surface area contributed by atoms with Crippen molar-refractivity contribution in [3.63, 3.8) is 0 Å². The van der Waals surface area contributed by atoms with Crippen LogP contribution in [0.3, 0.4) is 0 Å². The van der Waals surface area contributed by atoms with E-state index in [2.05, 4.69) is 27.1 Å². The first-order valence-corrected chi connectivity index (χ1v) is 4.74. The van der Waals surface area contributed by atoms with Crippen LogP contribution in [0.5, 0.6) is 0 Å². The first-order valence-electron chi connectivity index (χ1n) is 4.74. The Hall–Kier alpha value is -2.70. The number of carbonyl (C=O) groups is 1. The van der Waals surface area contributed by atoms with Crippen LogP contribution in [-0.4, -0.2) is 26.7 Å².